The second-order valence-corrected chi connectivity index (χ2v) is 7.25. The molecule has 2 aliphatic rings. The number of anilines is 2. The van der Waals surface area contributed by atoms with Gasteiger partial charge in [0.25, 0.3) is 5.91 Å². The molecule has 0 aromatic heterocycles. The molecule has 0 radical (unpaired) electrons. The molecule has 0 spiro atoms. The Balaban J connectivity index is 1.69. The zero-order chi connectivity index (χ0) is 16.7. The summed E-state index contributed by atoms with van der Waals surface area (Å²) < 4.78 is 1.02. The van der Waals surface area contributed by atoms with E-state index in [4.69, 9.17) is 0 Å². The number of amides is 1. The van der Waals surface area contributed by atoms with Crippen LogP contribution in [0.25, 0.3) is 11.6 Å². The van der Waals surface area contributed by atoms with Gasteiger partial charge >= 0.3 is 0 Å². The molecule has 4 heteroatoms. The predicted molar refractivity (Wildman–Crippen MR) is 103 cm³/mol. The van der Waals surface area contributed by atoms with Crippen LogP contribution in [0.5, 0.6) is 0 Å². The first-order valence-corrected chi connectivity index (χ1v) is 9.10. The summed E-state index contributed by atoms with van der Waals surface area (Å²) >= 11 is 3.56. The van der Waals surface area contributed by atoms with Gasteiger partial charge in [-0.3, -0.25) is 4.79 Å². The minimum atomic E-state index is -0.0326. The van der Waals surface area contributed by atoms with Crippen LogP contribution in [0.2, 0.25) is 0 Å². The highest BCUT2D eigenvalue weighted by Crippen LogP contribution is 2.38. The van der Waals surface area contributed by atoms with Crippen molar-refractivity contribution in [2.45, 2.75) is 19.8 Å². The molecule has 4 rings (SSSR count). The van der Waals surface area contributed by atoms with E-state index in [2.05, 4.69) is 50.4 Å². The van der Waals surface area contributed by atoms with Gasteiger partial charge in [0.1, 0.15) is 0 Å². The molecule has 3 nitrogen and oxygen atoms in total. The highest BCUT2D eigenvalue weighted by molar-refractivity contribution is 9.10. The van der Waals surface area contributed by atoms with Gasteiger partial charge in [-0.05, 0) is 61.2 Å². The van der Waals surface area contributed by atoms with Crippen molar-refractivity contribution in [2.24, 2.45) is 0 Å². The number of fused-ring (bicyclic) bond motifs is 1. The van der Waals surface area contributed by atoms with Crippen LogP contribution in [-0.2, 0) is 4.79 Å². The zero-order valence-electron chi connectivity index (χ0n) is 13.6. The van der Waals surface area contributed by atoms with Crippen LogP contribution in [0.4, 0.5) is 11.4 Å². The summed E-state index contributed by atoms with van der Waals surface area (Å²) in [5.41, 5.74) is 6.03. The highest BCUT2D eigenvalue weighted by atomic mass is 79.9. The summed E-state index contributed by atoms with van der Waals surface area (Å²) in [4.78, 5) is 14.8. The number of benzene rings is 2. The lowest BCUT2D eigenvalue weighted by Crippen LogP contribution is -2.17. The number of hydrogen-bond acceptors (Lipinski definition) is 2. The summed E-state index contributed by atoms with van der Waals surface area (Å²) in [5.74, 6) is -0.0326. The second kappa shape index (κ2) is 6.10. The van der Waals surface area contributed by atoms with E-state index in [-0.39, 0.29) is 5.91 Å². The quantitative estimate of drug-likeness (QED) is 0.752. The van der Waals surface area contributed by atoms with Crippen LogP contribution in [0.15, 0.2) is 40.9 Å². The fourth-order valence-corrected chi connectivity index (χ4v) is 3.83. The molecule has 1 fully saturated rings. The number of halogens is 1. The van der Waals surface area contributed by atoms with Gasteiger partial charge in [-0.15, -0.1) is 0 Å². The topological polar surface area (TPSA) is 32.3 Å². The minimum absolute atomic E-state index is 0.0326. The summed E-state index contributed by atoms with van der Waals surface area (Å²) in [6, 6.07) is 12.4. The Morgan fingerprint density at radius 1 is 1.08 bits per heavy atom. The number of hydrogen-bond donors (Lipinski definition) is 1. The summed E-state index contributed by atoms with van der Waals surface area (Å²) in [6.45, 7) is 4.32. The summed E-state index contributed by atoms with van der Waals surface area (Å²) in [7, 11) is 0. The Morgan fingerprint density at radius 2 is 1.79 bits per heavy atom. The van der Waals surface area contributed by atoms with E-state index < -0.39 is 0 Å². The molecule has 122 valence electrons. The fourth-order valence-electron chi connectivity index (χ4n) is 3.50. The maximum absolute atomic E-state index is 12.4. The molecule has 0 aliphatic carbocycles. The third-order valence-electron chi connectivity index (χ3n) is 4.84. The molecular formula is C20H19BrN2O. The lowest BCUT2D eigenvalue weighted by atomic mass is 9.99. The van der Waals surface area contributed by atoms with Crippen LogP contribution in [0.1, 0.15) is 29.5 Å². The molecule has 2 aliphatic heterocycles. The van der Waals surface area contributed by atoms with Crippen LogP contribution >= 0.6 is 15.9 Å². The molecule has 24 heavy (non-hydrogen) atoms. The SMILES string of the molecule is Cc1c(Br)ccc2c1C(=Cc1ccc(N3CCCC3)cc1)C(=O)N2. The normalized spacial score (nSPS) is 18.2. The van der Waals surface area contributed by atoms with Crippen molar-refractivity contribution in [3.8, 4) is 0 Å². The van der Waals surface area contributed by atoms with Gasteiger partial charge in [0.15, 0.2) is 0 Å². The van der Waals surface area contributed by atoms with E-state index >= 15 is 0 Å². The van der Waals surface area contributed by atoms with Crippen LogP contribution < -0.4 is 10.2 Å². The number of rotatable bonds is 2. The Bertz CT molecular complexity index is 833. The third kappa shape index (κ3) is 2.65. The average molecular weight is 383 g/mol. The molecule has 0 unspecified atom stereocenters. The maximum Gasteiger partial charge on any atom is 0.256 e. The van der Waals surface area contributed by atoms with Gasteiger partial charge in [-0.25, -0.2) is 0 Å². The minimum Gasteiger partial charge on any atom is -0.372 e. The summed E-state index contributed by atoms with van der Waals surface area (Å²) in [5, 5.41) is 2.96. The smallest absolute Gasteiger partial charge is 0.256 e. The van der Waals surface area contributed by atoms with E-state index in [1.54, 1.807) is 0 Å². The third-order valence-corrected chi connectivity index (χ3v) is 5.70. The van der Waals surface area contributed by atoms with E-state index in [0.29, 0.717) is 0 Å². The van der Waals surface area contributed by atoms with Crippen molar-refractivity contribution in [3.05, 3.63) is 57.6 Å². The lowest BCUT2D eigenvalue weighted by molar-refractivity contribution is -0.110. The second-order valence-electron chi connectivity index (χ2n) is 6.39. The molecule has 2 heterocycles. The van der Waals surface area contributed by atoms with Crippen LogP contribution in [-0.4, -0.2) is 19.0 Å². The molecule has 1 amide bonds. The van der Waals surface area contributed by atoms with Gasteiger partial charge in [0.05, 0.1) is 0 Å². The molecular weight excluding hydrogens is 364 g/mol. The molecule has 2 aromatic rings. The maximum atomic E-state index is 12.4. The van der Waals surface area contributed by atoms with Gasteiger partial charge in [0.2, 0.25) is 0 Å². The van der Waals surface area contributed by atoms with E-state index in [1.165, 1.54) is 18.5 Å². The standard InChI is InChI=1S/C20H19BrN2O/c1-13-17(21)8-9-18-19(13)16(20(24)22-18)12-14-4-6-15(7-5-14)23-10-2-3-11-23/h4-9,12H,2-3,10-11H2,1H3,(H,22,24). The van der Waals surface area contributed by atoms with E-state index in [0.717, 1.165) is 45.5 Å². The van der Waals surface area contributed by atoms with Crippen LogP contribution in [0, 0.1) is 6.92 Å². The number of carbonyl (C=O) groups is 1. The van der Waals surface area contributed by atoms with Gasteiger partial charge in [-0.2, -0.15) is 0 Å². The Hall–Kier alpha value is -2.07. The van der Waals surface area contributed by atoms with E-state index in [9.17, 15) is 4.79 Å². The number of nitrogens with one attached hydrogen (secondary N) is 1. The number of carbonyl (C=O) groups excluding carboxylic acids is 1. The fraction of sp³-hybridized carbons (Fsp3) is 0.250. The highest BCUT2D eigenvalue weighted by Gasteiger charge is 2.26. The first kappa shape index (κ1) is 15.5. The molecule has 0 atom stereocenters. The first-order chi connectivity index (χ1) is 11.6. The number of nitrogens with zero attached hydrogens (tertiary/aromatic N) is 1. The molecule has 0 bridgehead atoms. The predicted octanol–water partition coefficient (Wildman–Crippen LogP) is 4.85. The van der Waals surface area contributed by atoms with Crippen LogP contribution in [0.3, 0.4) is 0 Å². The van der Waals surface area contributed by atoms with E-state index in [1.807, 2.05) is 25.1 Å². The molecule has 0 saturated carbocycles. The van der Waals surface area contributed by atoms with Gasteiger partial charge in [0, 0.05) is 40.1 Å². The lowest BCUT2D eigenvalue weighted by Gasteiger charge is -2.17. The van der Waals surface area contributed by atoms with Crippen molar-refractivity contribution in [3.63, 3.8) is 0 Å². The Kier molecular flexibility index (Phi) is 3.93. The van der Waals surface area contributed by atoms with Gasteiger partial charge < -0.3 is 10.2 Å². The first-order valence-electron chi connectivity index (χ1n) is 8.31. The van der Waals surface area contributed by atoms with Crippen molar-refractivity contribution < 1.29 is 4.79 Å². The molecule has 2 aromatic carbocycles. The Morgan fingerprint density at radius 3 is 2.50 bits per heavy atom. The summed E-state index contributed by atoms with van der Waals surface area (Å²) in [6.07, 6.45) is 4.53. The van der Waals surface area contributed by atoms with Crippen molar-refractivity contribution in [2.75, 3.05) is 23.3 Å². The molecule has 1 N–H and O–H groups in total. The zero-order valence-corrected chi connectivity index (χ0v) is 15.2. The Labute approximate surface area is 150 Å². The largest absolute Gasteiger partial charge is 0.372 e. The monoisotopic (exact) mass is 382 g/mol. The van der Waals surface area contributed by atoms with Crippen molar-refractivity contribution in [1.29, 1.82) is 0 Å². The average Bonchev–Trinajstić information content (AvgIpc) is 3.21. The van der Waals surface area contributed by atoms with Crippen molar-refractivity contribution >= 4 is 44.9 Å². The molecule has 1 saturated heterocycles. The van der Waals surface area contributed by atoms with Crippen molar-refractivity contribution in [1.82, 2.24) is 0 Å². The van der Waals surface area contributed by atoms with Gasteiger partial charge in [-0.1, -0.05) is 28.1 Å².